The zero-order valence-electron chi connectivity index (χ0n) is 51.7. The molecule has 0 radical (unpaired) electrons. The molecule has 0 bridgehead atoms. The standard InChI is InChI=1S/C66H132NO8P/c1-6-8-10-12-14-16-18-20-22-24-26-28-30-32-33-35-37-39-41-43-45-47-49-51-53-55-57-59-66(69)75-64(63-74-76(70,71)73-61-60-67(3,4)5)62-72-65(68)58-56-54-52-50-48-46-44-42-40-38-36-34-31-29-27-25-23-21-19-17-15-13-11-9-7-2/h64H,6-63H2,1-5H3. The van der Waals surface area contributed by atoms with E-state index in [9.17, 15) is 19.0 Å². The van der Waals surface area contributed by atoms with Crippen molar-refractivity contribution in [2.24, 2.45) is 0 Å². The third-order valence-corrected chi connectivity index (χ3v) is 16.6. The van der Waals surface area contributed by atoms with Gasteiger partial charge in [0, 0.05) is 12.8 Å². The highest BCUT2D eigenvalue weighted by atomic mass is 31.2. The Hall–Kier alpha value is -0.990. The smallest absolute Gasteiger partial charge is 0.306 e. The second-order valence-corrected chi connectivity index (χ2v) is 26.0. The highest BCUT2D eigenvalue weighted by molar-refractivity contribution is 7.45. The molecule has 0 saturated heterocycles. The molecule has 2 atom stereocenters. The minimum atomic E-state index is -4.63. The molecule has 0 aromatic carbocycles. The molecule has 0 fully saturated rings. The first-order chi connectivity index (χ1) is 37.0. The maximum atomic E-state index is 12.8. The summed E-state index contributed by atoms with van der Waals surface area (Å²) in [6, 6.07) is 0. The van der Waals surface area contributed by atoms with Gasteiger partial charge in [0.25, 0.3) is 7.82 Å². The van der Waals surface area contributed by atoms with Crippen LogP contribution in [0.25, 0.3) is 0 Å². The predicted octanol–water partition coefficient (Wildman–Crippen LogP) is 20.8. The highest BCUT2D eigenvalue weighted by Crippen LogP contribution is 2.38. The van der Waals surface area contributed by atoms with Gasteiger partial charge in [-0.05, 0) is 12.8 Å². The lowest BCUT2D eigenvalue weighted by molar-refractivity contribution is -0.870. The lowest BCUT2D eigenvalue weighted by Gasteiger charge is -2.28. The largest absolute Gasteiger partial charge is 0.756 e. The first kappa shape index (κ1) is 75.0. The number of phosphoric acid groups is 1. The van der Waals surface area contributed by atoms with E-state index in [-0.39, 0.29) is 32.0 Å². The first-order valence-electron chi connectivity index (χ1n) is 33.7. The lowest BCUT2D eigenvalue weighted by Crippen LogP contribution is -2.37. The fraction of sp³-hybridized carbons (Fsp3) is 0.970. The minimum absolute atomic E-state index is 0.0248. The van der Waals surface area contributed by atoms with Crippen LogP contribution >= 0.6 is 7.82 Å². The van der Waals surface area contributed by atoms with E-state index in [2.05, 4.69) is 13.8 Å². The zero-order valence-corrected chi connectivity index (χ0v) is 52.6. The van der Waals surface area contributed by atoms with Crippen LogP contribution in [0.15, 0.2) is 0 Å². The molecule has 2 unspecified atom stereocenters. The Balaban J connectivity index is 4.00. The van der Waals surface area contributed by atoms with Gasteiger partial charge in [0.15, 0.2) is 6.10 Å². The molecule has 0 aromatic heterocycles. The maximum absolute atomic E-state index is 12.8. The van der Waals surface area contributed by atoms with Gasteiger partial charge in [0.05, 0.1) is 27.7 Å². The van der Waals surface area contributed by atoms with E-state index in [1.165, 1.54) is 295 Å². The van der Waals surface area contributed by atoms with Gasteiger partial charge in [-0.15, -0.1) is 0 Å². The molecule has 0 aliphatic heterocycles. The maximum Gasteiger partial charge on any atom is 0.306 e. The third-order valence-electron chi connectivity index (χ3n) is 15.6. The van der Waals surface area contributed by atoms with Gasteiger partial charge in [-0.3, -0.25) is 14.2 Å². The molecule has 0 spiro atoms. The second kappa shape index (κ2) is 58.7. The molecule has 0 N–H and O–H groups in total. The molecule has 454 valence electrons. The Morgan fingerprint density at radius 1 is 0.355 bits per heavy atom. The topological polar surface area (TPSA) is 111 Å². The third kappa shape index (κ3) is 62.2. The summed E-state index contributed by atoms with van der Waals surface area (Å²) in [5.74, 6) is -0.804. The average Bonchev–Trinajstić information content (AvgIpc) is 3.38. The minimum Gasteiger partial charge on any atom is -0.756 e. The van der Waals surface area contributed by atoms with Crippen molar-refractivity contribution in [1.82, 2.24) is 0 Å². The summed E-state index contributed by atoms with van der Waals surface area (Å²) in [7, 11) is 1.20. The Bertz CT molecular complexity index is 1240. The molecule has 0 rings (SSSR count). The van der Waals surface area contributed by atoms with Crippen molar-refractivity contribution in [3.8, 4) is 0 Å². The number of nitrogens with zero attached hydrogens (tertiary/aromatic N) is 1. The van der Waals surface area contributed by atoms with Gasteiger partial charge in [0.1, 0.15) is 19.8 Å². The summed E-state index contributed by atoms with van der Waals surface area (Å²) in [5.41, 5.74) is 0. The monoisotopic (exact) mass is 1100 g/mol. The van der Waals surface area contributed by atoms with Crippen molar-refractivity contribution < 1.29 is 42.1 Å². The molecule has 0 amide bonds. The number of carbonyl (C=O) groups is 2. The molecule has 0 aliphatic carbocycles. The lowest BCUT2D eigenvalue weighted by atomic mass is 10.0. The molecule has 9 nitrogen and oxygen atoms in total. The van der Waals surface area contributed by atoms with Gasteiger partial charge in [0.2, 0.25) is 0 Å². The number of quaternary nitrogens is 1. The fourth-order valence-corrected chi connectivity index (χ4v) is 11.2. The molecule has 0 heterocycles. The van der Waals surface area contributed by atoms with Crippen LogP contribution in [-0.2, 0) is 32.7 Å². The number of carbonyl (C=O) groups excluding carboxylic acids is 2. The van der Waals surface area contributed by atoms with Crippen LogP contribution in [-0.4, -0.2) is 70.0 Å². The predicted molar refractivity (Wildman–Crippen MR) is 324 cm³/mol. The molecule has 0 saturated carbocycles. The normalized spacial score (nSPS) is 13.1. The van der Waals surface area contributed by atoms with E-state index in [1.807, 2.05) is 21.1 Å². The SMILES string of the molecule is CCCCCCCCCCCCCCCCCCCCCCCCCCCCCC(=O)OC(COC(=O)CCCCCCCCCCCCCCCCCCCCCCCCCCC)COP(=O)([O-])OCC[N+](C)(C)C. The van der Waals surface area contributed by atoms with Crippen molar-refractivity contribution in [2.45, 2.75) is 367 Å². The number of rotatable bonds is 64. The summed E-state index contributed by atoms with van der Waals surface area (Å²) in [6.07, 6.45) is 68.9. The van der Waals surface area contributed by atoms with Crippen LogP contribution in [0, 0.1) is 0 Å². The molecule has 76 heavy (non-hydrogen) atoms. The average molecular weight is 1100 g/mol. The fourth-order valence-electron chi connectivity index (χ4n) is 10.4. The van der Waals surface area contributed by atoms with Gasteiger partial charge in [-0.1, -0.05) is 335 Å². The van der Waals surface area contributed by atoms with Crippen LogP contribution in [0.1, 0.15) is 361 Å². The van der Waals surface area contributed by atoms with Crippen molar-refractivity contribution in [3.63, 3.8) is 0 Å². The molecule has 0 aromatic rings. The van der Waals surface area contributed by atoms with Crippen LogP contribution in [0.3, 0.4) is 0 Å². The highest BCUT2D eigenvalue weighted by Gasteiger charge is 2.22. The molecular formula is C66H132NO8P. The molecule has 0 aliphatic rings. The van der Waals surface area contributed by atoms with Crippen LogP contribution in [0.5, 0.6) is 0 Å². The van der Waals surface area contributed by atoms with E-state index in [0.717, 1.165) is 32.1 Å². The van der Waals surface area contributed by atoms with Crippen molar-refractivity contribution in [2.75, 3.05) is 47.5 Å². The van der Waals surface area contributed by atoms with Crippen molar-refractivity contribution in [1.29, 1.82) is 0 Å². The quantitative estimate of drug-likeness (QED) is 0.0256. The van der Waals surface area contributed by atoms with Crippen LogP contribution in [0.4, 0.5) is 0 Å². The van der Waals surface area contributed by atoms with Gasteiger partial charge in [-0.25, -0.2) is 0 Å². The van der Waals surface area contributed by atoms with Gasteiger partial charge < -0.3 is 27.9 Å². The summed E-state index contributed by atoms with van der Waals surface area (Å²) in [6.45, 7) is 4.33. The number of esters is 2. The van der Waals surface area contributed by atoms with Crippen molar-refractivity contribution in [3.05, 3.63) is 0 Å². The zero-order chi connectivity index (χ0) is 55.6. The summed E-state index contributed by atoms with van der Waals surface area (Å²) in [5, 5.41) is 0. The van der Waals surface area contributed by atoms with E-state index >= 15 is 0 Å². The number of hydrogen-bond donors (Lipinski definition) is 0. The Morgan fingerprint density at radius 3 is 0.842 bits per heavy atom. The van der Waals surface area contributed by atoms with Gasteiger partial charge >= 0.3 is 11.9 Å². The molecule has 10 heteroatoms. The number of phosphoric ester groups is 1. The van der Waals surface area contributed by atoms with Crippen molar-refractivity contribution >= 4 is 19.8 Å². The van der Waals surface area contributed by atoms with E-state index in [0.29, 0.717) is 17.4 Å². The first-order valence-corrected chi connectivity index (χ1v) is 35.2. The van der Waals surface area contributed by atoms with E-state index in [1.54, 1.807) is 0 Å². The van der Waals surface area contributed by atoms with E-state index in [4.69, 9.17) is 18.5 Å². The van der Waals surface area contributed by atoms with Crippen LogP contribution < -0.4 is 4.89 Å². The second-order valence-electron chi connectivity index (χ2n) is 24.6. The number of ether oxygens (including phenoxy) is 2. The van der Waals surface area contributed by atoms with Gasteiger partial charge in [-0.2, -0.15) is 0 Å². The number of unbranched alkanes of at least 4 members (excludes halogenated alkanes) is 50. The summed E-state index contributed by atoms with van der Waals surface area (Å²) >= 11 is 0. The summed E-state index contributed by atoms with van der Waals surface area (Å²) in [4.78, 5) is 38.0. The Morgan fingerprint density at radius 2 is 0.592 bits per heavy atom. The Kier molecular flexibility index (Phi) is 57.9. The Labute approximate surface area is 474 Å². The number of likely N-dealkylation sites (N-methyl/N-ethyl adjacent to an activating group) is 1. The summed E-state index contributed by atoms with van der Waals surface area (Å²) < 4.78 is 34.3. The van der Waals surface area contributed by atoms with Crippen LogP contribution in [0.2, 0.25) is 0 Å². The van der Waals surface area contributed by atoms with E-state index < -0.39 is 26.5 Å². The molecular weight excluding hydrogens is 966 g/mol. The number of hydrogen-bond acceptors (Lipinski definition) is 8.